The number of benzene rings is 2. The molecule has 1 heterocycles. The number of para-hydroxylation sites is 1. The molecule has 0 aliphatic heterocycles. The zero-order valence-corrected chi connectivity index (χ0v) is 14.3. The minimum absolute atomic E-state index is 0.0325. The summed E-state index contributed by atoms with van der Waals surface area (Å²) in [5, 5.41) is 8.34. The maximum absolute atomic E-state index is 12.5. The van der Waals surface area contributed by atoms with Crippen LogP contribution in [0, 0.1) is 0 Å². The molecule has 0 bridgehead atoms. The minimum Gasteiger partial charge on any atom is -0.324 e. The molecule has 0 aliphatic rings. The topological polar surface area (TPSA) is 41.1 Å². The summed E-state index contributed by atoms with van der Waals surface area (Å²) in [6, 6.07) is 21.8. The second kappa shape index (κ2) is 7.90. The molecule has 2 N–H and O–H groups in total. The zero-order chi connectivity index (χ0) is 16.8. The van der Waals surface area contributed by atoms with E-state index in [1.54, 1.807) is 11.3 Å². The maximum Gasteiger partial charge on any atom is 0.241 e. The quantitative estimate of drug-likeness (QED) is 0.694. The molecule has 1 atom stereocenters. The van der Waals surface area contributed by atoms with Crippen LogP contribution in [0.15, 0.2) is 72.1 Å². The van der Waals surface area contributed by atoms with Crippen LogP contribution in [-0.2, 0) is 11.3 Å². The predicted octanol–water partition coefficient (Wildman–Crippen LogP) is 4.53. The summed E-state index contributed by atoms with van der Waals surface area (Å²) in [5.41, 5.74) is 2.95. The van der Waals surface area contributed by atoms with E-state index in [-0.39, 0.29) is 11.9 Å². The van der Waals surface area contributed by atoms with E-state index in [4.69, 9.17) is 0 Å². The molecule has 122 valence electrons. The van der Waals surface area contributed by atoms with Crippen molar-refractivity contribution in [2.45, 2.75) is 19.5 Å². The van der Waals surface area contributed by atoms with Crippen molar-refractivity contribution in [3.8, 4) is 11.1 Å². The predicted molar refractivity (Wildman–Crippen MR) is 101 cm³/mol. The standard InChI is InChI=1S/C20H20N2OS/c1-15(21-14-17-10-7-13-24-17)20(23)22-19-12-6-5-11-18(19)16-8-3-2-4-9-16/h2-13,15,21H,14H2,1H3,(H,22,23)/t15-/m1/s1. The van der Waals surface area contributed by atoms with Gasteiger partial charge in [-0.3, -0.25) is 4.79 Å². The summed E-state index contributed by atoms with van der Waals surface area (Å²) >= 11 is 1.69. The number of rotatable bonds is 6. The molecule has 0 saturated heterocycles. The van der Waals surface area contributed by atoms with Gasteiger partial charge in [0.2, 0.25) is 5.91 Å². The fourth-order valence-corrected chi connectivity index (χ4v) is 3.12. The smallest absolute Gasteiger partial charge is 0.241 e. The summed E-state index contributed by atoms with van der Waals surface area (Å²) in [6.45, 7) is 2.58. The van der Waals surface area contributed by atoms with Gasteiger partial charge in [-0.15, -0.1) is 11.3 Å². The van der Waals surface area contributed by atoms with Crippen molar-refractivity contribution in [1.82, 2.24) is 5.32 Å². The lowest BCUT2D eigenvalue weighted by Gasteiger charge is -2.16. The second-order valence-corrected chi connectivity index (χ2v) is 6.62. The lowest BCUT2D eigenvalue weighted by molar-refractivity contribution is -0.117. The van der Waals surface area contributed by atoms with Gasteiger partial charge in [-0.2, -0.15) is 0 Å². The monoisotopic (exact) mass is 336 g/mol. The summed E-state index contributed by atoms with van der Waals surface area (Å²) in [7, 11) is 0. The van der Waals surface area contributed by atoms with Crippen molar-refractivity contribution in [3.05, 3.63) is 77.0 Å². The van der Waals surface area contributed by atoms with Gasteiger partial charge < -0.3 is 10.6 Å². The largest absolute Gasteiger partial charge is 0.324 e. The van der Waals surface area contributed by atoms with Gasteiger partial charge in [0, 0.05) is 22.7 Å². The first-order chi connectivity index (χ1) is 11.7. The van der Waals surface area contributed by atoms with Crippen molar-refractivity contribution < 1.29 is 4.79 Å². The second-order valence-electron chi connectivity index (χ2n) is 5.58. The molecule has 0 aliphatic carbocycles. The number of nitrogens with one attached hydrogen (secondary N) is 2. The lowest BCUT2D eigenvalue weighted by atomic mass is 10.0. The maximum atomic E-state index is 12.5. The summed E-state index contributed by atoms with van der Waals surface area (Å²) in [5.74, 6) is -0.0325. The van der Waals surface area contributed by atoms with E-state index >= 15 is 0 Å². The Bertz CT molecular complexity index is 784. The molecule has 0 spiro atoms. The van der Waals surface area contributed by atoms with Crippen LogP contribution >= 0.6 is 11.3 Å². The van der Waals surface area contributed by atoms with Crippen molar-refractivity contribution in [3.63, 3.8) is 0 Å². The normalized spacial score (nSPS) is 11.9. The average molecular weight is 336 g/mol. The van der Waals surface area contributed by atoms with E-state index in [0.717, 1.165) is 16.8 Å². The van der Waals surface area contributed by atoms with Crippen molar-refractivity contribution >= 4 is 22.9 Å². The van der Waals surface area contributed by atoms with Gasteiger partial charge in [0.15, 0.2) is 0 Å². The first-order valence-corrected chi connectivity index (χ1v) is 8.83. The van der Waals surface area contributed by atoms with E-state index in [0.29, 0.717) is 6.54 Å². The highest BCUT2D eigenvalue weighted by atomic mass is 32.1. The molecule has 2 aromatic carbocycles. The number of carbonyl (C=O) groups is 1. The number of amides is 1. The van der Waals surface area contributed by atoms with Gasteiger partial charge in [0.1, 0.15) is 0 Å². The third-order valence-electron chi connectivity index (χ3n) is 3.83. The first-order valence-electron chi connectivity index (χ1n) is 7.95. The Morgan fingerprint density at radius 2 is 1.75 bits per heavy atom. The van der Waals surface area contributed by atoms with Crippen LogP contribution in [0.4, 0.5) is 5.69 Å². The van der Waals surface area contributed by atoms with Crippen LogP contribution in [0.3, 0.4) is 0 Å². The van der Waals surface area contributed by atoms with Gasteiger partial charge in [-0.1, -0.05) is 54.6 Å². The van der Waals surface area contributed by atoms with E-state index in [9.17, 15) is 4.79 Å². The summed E-state index contributed by atoms with van der Waals surface area (Å²) in [6.07, 6.45) is 0. The highest BCUT2D eigenvalue weighted by Crippen LogP contribution is 2.27. The highest BCUT2D eigenvalue weighted by Gasteiger charge is 2.14. The lowest BCUT2D eigenvalue weighted by Crippen LogP contribution is -2.37. The van der Waals surface area contributed by atoms with E-state index < -0.39 is 0 Å². The Morgan fingerprint density at radius 3 is 2.50 bits per heavy atom. The van der Waals surface area contributed by atoms with Crippen LogP contribution in [0.1, 0.15) is 11.8 Å². The van der Waals surface area contributed by atoms with Crippen LogP contribution in [0.25, 0.3) is 11.1 Å². The van der Waals surface area contributed by atoms with Gasteiger partial charge in [0.05, 0.1) is 6.04 Å². The van der Waals surface area contributed by atoms with E-state index in [2.05, 4.69) is 16.7 Å². The Morgan fingerprint density at radius 1 is 1.00 bits per heavy atom. The molecule has 24 heavy (non-hydrogen) atoms. The van der Waals surface area contributed by atoms with Gasteiger partial charge >= 0.3 is 0 Å². The molecule has 0 saturated carbocycles. The van der Waals surface area contributed by atoms with Gasteiger partial charge in [-0.05, 0) is 30.0 Å². The molecule has 1 aromatic heterocycles. The number of hydrogen-bond acceptors (Lipinski definition) is 3. The summed E-state index contributed by atoms with van der Waals surface area (Å²) < 4.78 is 0. The van der Waals surface area contributed by atoms with Crippen LogP contribution < -0.4 is 10.6 Å². The molecule has 1 amide bonds. The summed E-state index contributed by atoms with van der Waals surface area (Å²) in [4.78, 5) is 13.7. The van der Waals surface area contributed by atoms with Crippen LogP contribution in [0.5, 0.6) is 0 Å². The number of carbonyl (C=O) groups excluding carboxylic acids is 1. The van der Waals surface area contributed by atoms with Crippen molar-refractivity contribution in [2.24, 2.45) is 0 Å². The Labute approximate surface area is 146 Å². The third kappa shape index (κ3) is 4.10. The van der Waals surface area contributed by atoms with Gasteiger partial charge in [0.25, 0.3) is 0 Å². The van der Waals surface area contributed by atoms with Gasteiger partial charge in [-0.25, -0.2) is 0 Å². The molecular weight excluding hydrogens is 316 g/mol. The Hall–Kier alpha value is -2.43. The molecule has 0 fully saturated rings. The van der Waals surface area contributed by atoms with Crippen molar-refractivity contribution in [1.29, 1.82) is 0 Å². The number of anilines is 1. The fraction of sp³-hybridized carbons (Fsp3) is 0.150. The molecule has 4 heteroatoms. The highest BCUT2D eigenvalue weighted by molar-refractivity contribution is 7.09. The minimum atomic E-state index is -0.268. The first kappa shape index (κ1) is 16.4. The number of hydrogen-bond donors (Lipinski definition) is 2. The molecule has 3 aromatic rings. The van der Waals surface area contributed by atoms with E-state index in [1.807, 2.05) is 73.0 Å². The molecular formula is C20H20N2OS. The third-order valence-corrected chi connectivity index (χ3v) is 4.70. The number of thiophene rings is 1. The molecule has 3 rings (SSSR count). The SMILES string of the molecule is C[C@@H](NCc1cccs1)C(=O)Nc1ccccc1-c1ccccc1. The fourth-order valence-electron chi connectivity index (χ4n) is 2.46. The Balaban J connectivity index is 1.68. The van der Waals surface area contributed by atoms with Crippen LogP contribution in [0.2, 0.25) is 0 Å². The van der Waals surface area contributed by atoms with Crippen molar-refractivity contribution in [2.75, 3.05) is 5.32 Å². The molecule has 0 unspecified atom stereocenters. The van der Waals surface area contributed by atoms with E-state index in [1.165, 1.54) is 4.88 Å². The zero-order valence-electron chi connectivity index (χ0n) is 13.5. The molecule has 0 radical (unpaired) electrons. The average Bonchev–Trinajstić information content (AvgIpc) is 3.14. The van der Waals surface area contributed by atoms with Crippen LogP contribution in [-0.4, -0.2) is 11.9 Å². The Kier molecular flexibility index (Phi) is 5.41. The molecule has 3 nitrogen and oxygen atoms in total.